The molecule has 134 valence electrons. The highest BCUT2D eigenvalue weighted by atomic mass is 16.2. The molecule has 1 aliphatic heterocycles. The molecule has 0 aliphatic carbocycles. The van der Waals surface area contributed by atoms with E-state index in [2.05, 4.69) is 10.6 Å². The Morgan fingerprint density at radius 2 is 1.62 bits per heavy atom. The average molecular weight is 351 g/mol. The maximum atomic E-state index is 12.2. The minimum atomic E-state index is -0.237. The van der Waals surface area contributed by atoms with Gasteiger partial charge in [0.2, 0.25) is 17.7 Å². The molecule has 26 heavy (non-hydrogen) atoms. The van der Waals surface area contributed by atoms with Crippen molar-refractivity contribution in [2.45, 2.75) is 19.3 Å². The molecule has 0 saturated carbocycles. The van der Waals surface area contributed by atoms with Crippen molar-refractivity contribution in [3.63, 3.8) is 0 Å². The standard InChI is InChI=1S/C20H21N3O3/c1-14(24)21-17-7-9-18(10-8-17)22-19(25)13-23-12-16(11-20(23)26)15-5-3-2-4-6-15/h2-10,16H,11-13H2,1H3,(H,21,24)(H,22,25). The van der Waals surface area contributed by atoms with Crippen LogP contribution in [0.15, 0.2) is 54.6 Å². The Hall–Kier alpha value is -3.15. The van der Waals surface area contributed by atoms with Crippen molar-refractivity contribution < 1.29 is 14.4 Å². The summed E-state index contributed by atoms with van der Waals surface area (Å²) in [4.78, 5) is 37.1. The van der Waals surface area contributed by atoms with E-state index >= 15 is 0 Å². The van der Waals surface area contributed by atoms with Gasteiger partial charge in [0.25, 0.3) is 0 Å². The zero-order valence-electron chi connectivity index (χ0n) is 14.6. The normalized spacial score (nSPS) is 16.4. The zero-order chi connectivity index (χ0) is 18.5. The molecule has 3 rings (SSSR count). The van der Waals surface area contributed by atoms with Gasteiger partial charge in [-0.15, -0.1) is 0 Å². The monoisotopic (exact) mass is 351 g/mol. The van der Waals surface area contributed by atoms with Crippen molar-refractivity contribution in [1.82, 2.24) is 4.90 Å². The lowest BCUT2D eigenvalue weighted by Crippen LogP contribution is -2.34. The third-order valence-electron chi connectivity index (χ3n) is 4.31. The second-order valence-corrected chi connectivity index (χ2v) is 6.39. The second kappa shape index (κ2) is 7.82. The van der Waals surface area contributed by atoms with Crippen LogP contribution in [0.4, 0.5) is 11.4 Å². The number of hydrogen-bond acceptors (Lipinski definition) is 3. The summed E-state index contributed by atoms with van der Waals surface area (Å²) in [6.07, 6.45) is 0.433. The number of benzene rings is 2. The number of nitrogens with zero attached hydrogens (tertiary/aromatic N) is 1. The van der Waals surface area contributed by atoms with E-state index in [1.54, 1.807) is 29.2 Å². The zero-order valence-corrected chi connectivity index (χ0v) is 14.6. The number of likely N-dealkylation sites (tertiary alicyclic amines) is 1. The highest BCUT2D eigenvalue weighted by Gasteiger charge is 2.31. The number of nitrogens with one attached hydrogen (secondary N) is 2. The van der Waals surface area contributed by atoms with Gasteiger partial charge in [-0.25, -0.2) is 0 Å². The maximum Gasteiger partial charge on any atom is 0.243 e. The fourth-order valence-corrected chi connectivity index (χ4v) is 3.09. The fourth-order valence-electron chi connectivity index (χ4n) is 3.09. The molecule has 1 heterocycles. The van der Waals surface area contributed by atoms with Gasteiger partial charge >= 0.3 is 0 Å². The molecule has 1 saturated heterocycles. The Kier molecular flexibility index (Phi) is 5.31. The van der Waals surface area contributed by atoms with E-state index in [9.17, 15) is 14.4 Å². The largest absolute Gasteiger partial charge is 0.333 e. The van der Waals surface area contributed by atoms with E-state index in [1.807, 2.05) is 30.3 Å². The van der Waals surface area contributed by atoms with E-state index in [1.165, 1.54) is 6.92 Å². The lowest BCUT2D eigenvalue weighted by molar-refractivity contribution is -0.131. The topological polar surface area (TPSA) is 78.5 Å². The Balaban J connectivity index is 1.55. The van der Waals surface area contributed by atoms with Crippen molar-refractivity contribution >= 4 is 29.1 Å². The van der Waals surface area contributed by atoms with Crippen molar-refractivity contribution in [2.24, 2.45) is 0 Å². The number of anilines is 2. The third kappa shape index (κ3) is 4.47. The van der Waals surface area contributed by atoms with E-state index in [4.69, 9.17) is 0 Å². The van der Waals surface area contributed by atoms with Gasteiger partial charge < -0.3 is 15.5 Å². The van der Waals surface area contributed by atoms with Gasteiger partial charge in [-0.05, 0) is 29.8 Å². The molecule has 3 amide bonds. The first kappa shape index (κ1) is 17.7. The number of amides is 3. The maximum absolute atomic E-state index is 12.2. The Bertz CT molecular complexity index is 803. The van der Waals surface area contributed by atoms with Crippen LogP contribution < -0.4 is 10.6 Å². The molecule has 1 aliphatic rings. The molecule has 1 unspecified atom stereocenters. The van der Waals surface area contributed by atoms with Crippen LogP contribution in [-0.2, 0) is 14.4 Å². The van der Waals surface area contributed by atoms with Crippen molar-refractivity contribution in [1.29, 1.82) is 0 Å². The number of carbonyl (C=O) groups excluding carboxylic acids is 3. The van der Waals surface area contributed by atoms with Crippen LogP contribution in [0.1, 0.15) is 24.8 Å². The van der Waals surface area contributed by atoms with Crippen LogP contribution in [0.2, 0.25) is 0 Å². The lowest BCUT2D eigenvalue weighted by atomic mass is 9.99. The predicted octanol–water partition coefficient (Wildman–Crippen LogP) is 2.60. The van der Waals surface area contributed by atoms with Crippen molar-refractivity contribution in [3.8, 4) is 0 Å². The van der Waals surface area contributed by atoms with Gasteiger partial charge in [-0.3, -0.25) is 14.4 Å². The van der Waals surface area contributed by atoms with Gasteiger partial charge in [0.05, 0.1) is 6.54 Å². The molecule has 6 nitrogen and oxygen atoms in total. The Morgan fingerprint density at radius 3 is 2.23 bits per heavy atom. The summed E-state index contributed by atoms with van der Waals surface area (Å²) in [6.45, 7) is 2.03. The number of hydrogen-bond donors (Lipinski definition) is 2. The van der Waals surface area contributed by atoms with Crippen LogP contribution in [-0.4, -0.2) is 35.7 Å². The summed E-state index contributed by atoms with van der Waals surface area (Å²) in [5.41, 5.74) is 2.41. The van der Waals surface area contributed by atoms with Crippen molar-refractivity contribution in [2.75, 3.05) is 23.7 Å². The fraction of sp³-hybridized carbons (Fsp3) is 0.250. The summed E-state index contributed by atoms with van der Waals surface area (Å²) in [6, 6.07) is 16.7. The molecule has 2 aromatic carbocycles. The van der Waals surface area contributed by atoms with Gasteiger partial charge in [0.1, 0.15) is 0 Å². The molecule has 0 spiro atoms. The van der Waals surface area contributed by atoms with Crippen LogP contribution in [0.5, 0.6) is 0 Å². The molecule has 2 N–H and O–H groups in total. The SMILES string of the molecule is CC(=O)Nc1ccc(NC(=O)CN2CC(c3ccccc3)CC2=O)cc1. The second-order valence-electron chi connectivity index (χ2n) is 6.39. The lowest BCUT2D eigenvalue weighted by Gasteiger charge is -2.16. The van der Waals surface area contributed by atoms with E-state index in [-0.39, 0.29) is 30.2 Å². The first-order chi connectivity index (χ1) is 12.5. The molecule has 1 atom stereocenters. The average Bonchev–Trinajstić information content (AvgIpc) is 2.97. The predicted molar refractivity (Wildman–Crippen MR) is 99.8 cm³/mol. The quantitative estimate of drug-likeness (QED) is 0.869. The summed E-state index contributed by atoms with van der Waals surface area (Å²) in [5, 5.41) is 5.44. The molecule has 0 bridgehead atoms. The smallest absolute Gasteiger partial charge is 0.243 e. The minimum absolute atomic E-state index is 0.00462. The summed E-state index contributed by atoms with van der Waals surface area (Å²) < 4.78 is 0. The first-order valence-electron chi connectivity index (χ1n) is 8.51. The molecule has 1 fully saturated rings. The first-order valence-corrected chi connectivity index (χ1v) is 8.51. The van der Waals surface area contributed by atoms with Gasteiger partial charge in [0, 0.05) is 37.2 Å². The third-order valence-corrected chi connectivity index (χ3v) is 4.31. The highest BCUT2D eigenvalue weighted by molar-refractivity contribution is 5.95. The Labute approximate surface area is 152 Å². The van der Waals surface area contributed by atoms with E-state index in [0.717, 1.165) is 5.56 Å². The molecular weight excluding hydrogens is 330 g/mol. The molecule has 2 aromatic rings. The summed E-state index contributed by atoms with van der Waals surface area (Å²) in [5.74, 6) is -0.259. The summed E-state index contributed by atoms with van der Waals surface area (Å²) >= 11 is 0. The number of rotatable bonds is 5. The van der Waals surface area contributed by atoms with Crippen molar-refractivity contribution in [3.05, 3.63) is 60.2 Å². The highest BCUT2D eigenvalue weighted by Crippen LogP contribution is 2.27. The minimum Gasteiger partial charge on any atom is -0.333 e. The molecule has 0 aromatic heterocycles. The van der Waals surface area contributed by atoms with E-state index in [0.29, 0.717) is 24.3 Å². The number of carbonyl (C=O) groups is 3. The summed E-state index contributed by atoms with van der Waals surface area (Å²) in [7, 11) is 0. The van der Waals surface area contributed by atoms with Gasteiger partial charge in [0.15, 0.2) is 0 Å². The Morgan fingerprint density at radius 1 is 1.00 bits per heavy atom. The van der Waals surface area contributed by atoms with Crippen LogP contribution >= 0.6 is 0 Å². The van der Waals surface area contributed by atoms with Crippen LogP contribution in [0.25, 0.3) is 0 Å². The molecule has 0 radical (unpaired) electrons. The van der Waals surface area contributed by atoms with Crippen LogP contribution in [0, 0.1) is 0 Å². The van der Waals surface area contributed by atoms with Crippen LogP contribution in [0.3, 0.4) is 0 Å². The molecule has 6 heteroatoms. The van der Waals surface area contributed by atoms with Gasteiger partial charge in [-0.1, -0.05) is 30.3 Å². The molecular formula is C20H21N3O3. The van der Waals surface area contributed by atoms with Gasteiger partial charge in [-0.2, -0.15) is 0 Å². The van der Waals surface area contributed by atoms with E-state index < -0.39 is 0 Å².